The van der Waals surface area contributed by atoms with Crippen molar-refractivity contribution in [3.8, 4) is 11.5 Å². The Hall–Kier alpha value is -3.33. The van der Waals surface area contributed by atoms with Crippen LogP contribution in [0.1, 0.15) is 5.56 Å². The van der Waals surface area contributed by atoms with E-state index in [1.54, 1.807) is 30.3 Å². The fourth-order valence-corrected chi connectivity index (χ4v) is 3.66. The van der Waals surface area contributed by atoms with E-state index in [0.29, 0.717) is 17.3 Å². The average Bonchev–Trinajstić information content (AvgIpc) is 3.11. The number of nitrogens with one attached hydrogen (secondary N) is 2. The zero-order valence-corrected chi connectivity index (χ0v) is 15.2. The van der Waals surface area contributed by atoms with Crippen molar-refractivity contribution >= 4 is 27.3 Å². The number of aromatic nitrogens is 2. The average molecular weight is 384 g/mol. The number of ether oxygens (including phenoxy) is 2. The molecule has 1 aliphatic heterocycles. The first kappa shape index (κ1) is 17.1. The largest absolute Gasteiger partial charge is 0.454 e. The van der Waals surface area contributed by atoms with E-state index in [-0.39, 0.29) is 17.5 Å². The van der Waals surface area contributed by atoms with Gasteiger partial charge in [0, 0.05) is 11.8 Å². The highest BCUT2D eigenvalue weighted by Gasteiger charge is 2.16. The summed E-state index contributed by atoms with van der Waals surface area (Å²) in [5, 5.41) is 11.0. The molecule has 0 fully saturated rings. The van der Waals surface area contributed by atoms with Crippen LogP contribution in [-0.2, 0) is 10.0 Å². The quantitative estimate of drug-likeness (QED) is 0.697. The van der Waals surface area contributed by atoms with Crippen LogP contribution in [0.15, 0.2) is 59.5 Å². The van der Waals surface area contributed by atoms with Crippen molar-refractivity contribution in [2.75, 3.05) is 16.8 Å². The molecule has 0 spiro atoms. The van der Waals surface area contributed by atoms with Gasteiger partial charge in [-0.15, -0.1) is 10.2 Å². The van der Waals surface area contributed by atoms with E-state index < -0.39 is 10.0 Å². The molecule has 8 nitrogen and oxygen atoms in total. The minimum Gasteiger partial charge on any atom is -0.454 e. The second-order valence-electron chi connectivity index (χ2n) is 5.92. The number of aryl methyl sites for hydroxylation is 1. The Balaban J connectivity index is 1.47. The van der Waals surface area contributed by atoms with Crippen LogP contribution in [0.2, 0.25) is 0 Å². The molecule has 0 saturated heterocycles. The molecule has 0 unspecified atom stereocenters. The normalized spacial score (nSPS) is 12.6. The van der Waals surface area contributed by atoms with Crippen LogP contribution in [-0.4, -0.2) is 25.4 Å². The van der Waals surface area contributed by atoms with Crippen LogP contribution >= 0.6 is 0 Å². The fraction of sp³-hybridized carbons (Fsp3) is 0.111. The van der Waals surface area contributed by atoms with E-state index in [1.807, 2.05) is 19.1 Å². The highest BCUT2D eigenvalue weighted by Crippen LogP contribution is 2.34. The first-order valence-corrected chi connectivity index (χ1v) is 9.58. The van der Waals surface area contributed by atoms with Gasteiger partial charge in [-0.1, -0.05) is 12.1 Å². The monoisotopic (exact) mass is 384 g/mol. The Bertz CT molecular complexity index is 1080. The summed E-state index contributed by atoms with van der Waals surface area (Å²) in [5.41, 5.74) is 1.61. The van der Waals surface area contributed by atoms with Crippen molar-refractivity contribution in [3.05, 3.63) is 60.2 Å². The number of anilines is 3. The standard InChI is InChI=1S/C18H16N4O4S/c1-12-3-2-4-14(9-12)27(23,24)22-18-8-7-17(20-21-18)19-13-5-6-15-16(10-13)26-11-25-15/h2-10H,11H2,1H3,(H,19,20)(H,21,22). The molecule has 0 atom stereocenters. The summed E-state index contributed by atoms with van der Waals surface area (Å²) >= 11 is 0. The smallest absolute Gasteiger partial charge is 0.263 e. The minimum atomic E-state index is -3.72. The van der Waals surface area contributed by atoms with Gasteiger partial charge in [0.2, 0.25) is 6.79 Å². The van der Waals surface area contributed by atoms with E-state index in [1.165, 1.54) is 12.1 Å². The Morgan fingerprint density at radius 2 is 1.70 bits per heavy atom. The molecule has 138 valence electrons. The lowest BCUT2D eigenvalue weighted by Crippen LogP contribution is -2.14. The second-order valence-corrected chi connectivity index (χ2v) is 7.60. The maximum atomic E-state index is 12.4. The predicted molar refractivity (Wildman–Crippen MR) is 99.9 cm³/mol. The maximum Gasteiger partial charge on any atom is 0.263 e. The van der Waals surface area contributed by atoms with Crippen LogP contribution in [0, 0.1) is 6.92 Å². The van der Waals surface area contributed by atoms with Crippen LogP contribution in [0.3, 0.4) is 0 Å². The third kappa shape index (κ3) is 3.77. The zero-order chi connectivity index (χ0) is 18.9. The summed E-state index contributed by atoms with van der Waals surface area (Å²) in [6, 6.07) is 15.2. The molecule has 0 saturated carbocycles. The predicted octanol–water partition coefficient (Wildman–Crippen LogP) is 3.06. The molecule has 4 rings (SSSR count). The molecule has 0 aliphatic carbocycles. The van der Waals surface area contributed by atoms with Crippen molar-refractivity contribution in [2.24, 2.45) is 0 Å². The first-order chi connectivity index (χ1) is 13.0. The van der Waals surface area contributed by atoms with E-state index in [2.05, 4.69) is 20.2 Å². The van der Waals surface area contributed by atoms with E-state index in [0.717, 1.165) is 11.3 Å². The van der Waals surface area contributed by atoms with Crippen molar-refractivity contribution in [3.63, 3.8) is 0 Å². The lowest BCUT2D eigenvalue weighted by Gasteiger charge is -2.09. The van der Waals surface area contributed by atoms with Gasteiger partial charge in [-0.25, -0.2) is 8.42 Å². The van der Waals surface area contributed by atoms with Crippen molar-refractivity contribution < 1.29 is 17.9 Å². The second kappa shape index (κ2) is 6.76. The number of nitrogens with zero attached hydrogens (tertiary/aromatic N) is 2. The molecular weight excluding hydrogens is 368 g/mol. The third-order valence-electron chi connectivity index (χ3n) is 3.85. The molecule has 9 heteroatoms. The number of benzene rings is 2. The molecular formula is C18H16N4O4S. The highest BCUT2D eigenvalue weighted by atomic mass is 32.2. The number of sulfonamides is 1. The van der Waals surface area contributed by atoms with Gasteiger partial charge in [0.15, 0.2) is 23.1 Å². The first-order valence-electron chi connectivity index (χ1n) is 8.09. The molecule has 0 radical (unpaired) electrons. The Kier molecular flexibility index (Phi) is 4.28. The Morgan fingerprint density at radius 3 is 2.48 bits per heavy atom. The number of hydrogen-bond acceptors (Lipinski definition) is 7. The van der Waals surface area contributed by atoms with Crippen LogP contribution < -0.4 is 19.5 Å². The molecule has 1 aromatic heterocycles. The lowest BCUT2D eigenvalue weighted by molar-refractivity contribution is 0.174. The number of fused-ring (bicyclic) bond motifs is 1. The lowest BCUT2D eigenvalue weighted by atomic mass is 10.2. The van der Waals surface area contributed by atoms with Crippen molar-refractivity contribution in [2.45, 2.75) is 11.8 Å². The summed E-state index contributed by atoms with van der Waals surface area (Å²) in [4.78, 5) is 0.173. The maximum absolute atomic E-state index is 12.4. The van der Waals surface area contributed by atoms with Crippen LogP contribution in [0.5, 0.6) is 11.5 Å². The molecule has 2 N–H and O–H groups in total. The van der Waals surface area contributed by atoms with Gasteiger partial charge in [0.25, 0.3) is 10.0 Å². The molecule has 2 aromatic carbocycles. The highest BCUT2D eigenvalue weighted by molar-refractivity contribution is 7.92. The summed E-state index contributed by atoms with van der Waals surface area (Å²) in [6.45, 7) is 2.03. The summed E-state index contributed by atoms with van der Waals surface area (Å²) in [7, 11) is -3.72. The molecule has 3 aromatic rings. The van der Waals surface area contributed by atoms with Gasteiger partial charge < -0.3 is 14.8 Å². The van der Waals surface area contributed by atoms with Gasteiger partial charge >= 0.3 is 0 Å². The minimum absolute atomic E-state index is 0.132. The number of hydrogen-bond donors (Lipinski definition) is 2. The molecule has 2 heterocycles. The van der Waals surface area contributed by atoms with Gasteiger partial charge in [-0.3, -0.25) is 4.72 Å². The summed E-state index contributed by atoms with van der Waals surface area (Å²) in [6.07, 6.45) is 0. The van der Waals surface area contributed by atoms with Crippen molar-refractivity contribution in [1.82, 2.24) is 10.2 Å². The third-order valence-corrected chi connectivity index (χ3v) is 5.20. The summed E-state index contributed by atoms with van der Waals surface area (Å²) in [5.74, 6) is 1.93. The fourth-order valence-electron chi connectivity index (χ4n) is 2.55. The van der Waals surface area contributed by atoms with E-state index in [9.17, 15) is 8.42 Å². The molecule has 0 amide bonds. The van der Waals surface area contributed by atoms with Gasteiger partial charge in [0.1, 0.15) is 0 Å². The zero-order valence-electron chi connectivity index (χ0n) is 14.3. The van der Waals surface area contributed by atoms with E-state index >= 15 is 0 Å². The van der Waals surface area contributed by atoms with Gasteiger partial charge in [0.05, 0.1) is 4.90 Å². The van der Waals surface area contributed by atoms with Crippen LogP contribution in [0.25, 0.3) is 0 Å². The van der Waals surface area contributed by atoms with Crippen LogP contribution in [0.4, 0.5) is 17.3 Å². The van der Waals surface area contributed by atoms with Crippen molar-refractivity contribution in [1.29, 1.82) is 0 Å². The van der Waals surface area contributed by atoms with Gasteiger partial charge in [-0.05, 0) is 48.9 Å². The molecule has 1 aliphatic rings. The molecule has 0 bridgehead atoms. The SMILES string of the molecule is Cc1cccc(S(=O)(=O)Nc2ccc(Nc3ccc4c(c3)OCO4)nn2)c1. The Labute approximate surface area is 156 Å². The summed E-state index contributed by atoms with van der Waals surface area (Å²) < 4.78 is 37.8. The van der Waals surface area contributed by atoms with E-state index in [4.69, 9.17) is 9.47 Å². The van der Waals surface area contributed by atoms with Gasteiger partial charge in [-0.2, -0.15) is 0 Å². The number of rotatable bonds is 5. The Morgan fingerprint density at radius 1 is 0.926 bits per heavy atom. The topological polar surface area (TPSA) is 102 Å². The molecule has 27 heavy (non-hydrogen) atoms.